The molecule has 8 atom stereocenters. The average molecular weight is 262 g/mol. The lowest BCUT2D eigenvalue weighted by atomic mass is 9.47. The smallest absolute Gasteiger partial charge is 0.330 e. The fourth-order valence-corrected chi connectivity index (χ4v) is 5.91. The normalized spacial score (nSPS) is 53.3. The SMILES string of the molecule is C=CC(=O)OCC1C2CC3C4CC(CC4O)C3C1C2. The minimum Gasteiger partial charge on any atom is -0.462 e. The highest BCUT2D eigenvalue weighted by atomic mass is 16.5. The molecule has 3 nitrogen and oxygen atoms in total. The zero-order chi connectivity index (χ0) is 13.1. The summed E-state index contributed by atoms with van der Waals surface area (Å²) >= 11 is 0. The van der Waals surface area contributed by atoms with E-state index in [9.17, 15) is 9.90 Å². The molecule has 0 aromatic carbocycles. The number of esters is 1. The van der Waals surface area contributed by atoms with Crippen LogP contribution in [0.4, 0.5) is 0 Å². The molecule has 5 aliphatic carbocycles. The van der Waals surface area contributed by atoms with Crippen LogP contribution in [0.2, 0.25) is 0 Å². The Bertz CT molecular complexity index is 418. The highest BCUT2D eigenvalue weighted by molar-refractivity contribution is 5.81. The van der Waals surface area contributed by atoms with E-state index in [1.54, 1.807) is 0 Å². The number of carbonyl (C=O) groups is 1. The number of ether oxygens (including phenoxy) is 1. The molecule has 0 heterocycles. The first-order chi connectivity index (χ1) is 9.19. The summed E-state index contributed by atoms with van der Waals surface area (Å²) in [5, 5.41) is 10.1. The first kappa shape index (κ1) is 12.0. The zero-order valence-corrected chi connectivity index (χ0v) is 11.2. The number of rotatable bonds is 3. The van der Waals surface area contributed by atoms with Crippen LogP contribution in [0.3, 0.4) is 0 Å². The van der Waals surface area contributed by atoms with Gasteiger partial charge in [-0.1, -0.05) is 6.58 Å². The predicted molar refractivity (Wildman–Crippen MR) is 70.1 cm³/mol. The maximum atomic E-state index is 11.2. The lowest BCUT2D eigenvalue weighted by Gasteiger charge is -2.58. The van der Waals surface area contributed by atoms with Gasteiger partial charge < -0.3 is 9.84 Å². The number of hydrogen-bond donors (Lipinski definition) is 1. The summed E-state index contributed by atoms with van der Waals surface area (Å²) in [4.78, 5) is 11.2. The number of hydrogen-bond acceptors (Lipinski definition) is 3. The van der Waals surface area contributed by atoms with Crippen molar-refractivity contribution < 1.29 is 14.6 Å². The summed E-state index contributed by atoms with van der Waals surface area (Å²) in [5.41, 5.74) is 0. The first-order valence-electron chi connectivity index (χ1n) is 7.66. The van der Waals surface area contributed by atoms with E-state index >= 15 is 0 Å². The van der Waals surface area contributed by atoms with Crippen molar-refractivity contribution in [3.8, 4) is 0 Å². The molecule has 0 aromatic heterocycles. The number of carbonyl (C=O) groups excluding carboxylic acids is 1. The van der Waals surface area contributed by atoms with Crippen LogP contribution < -0.4 is 0 Å². The van der Waals surface area contributed by atoms with Gasteiger partial charge in [0.05, 0.1) is 12.7 Å². The van der Waals surface area contributed by atoms with Crippen LogP contribution in [0.1, 0.15) is 25.7 Å². The second-order valence-electron chi connectivity index (χ2n) is 7.10. The molecule has 0 spiro atoms. The van der Waals surface area contributed by atoms with Crippen LogP contribution in [-0.4, -0.2) is 23.8 Å². The van der Waals surface area contributed by atoms with Gasteiger partial charge in [0.15, 0.2) is 0 Å². The summed E-state index contributed by atoms with van der Waals surface area (Å²) in [6.45, 7) is 4.03. The minimum atomic E-state index is -0.287. The fourth-order valence-electron chi connectivity index (χ4n) is 5.91. The Balaban J connectivity index is 1.45. The second-order valence-corrected chi connectivity index (χ2v) is 7.10. The van der Waals surface area contributed by atoms with E-state index in [1.165, 1.54) is 25.3 Å². The van der Waals surface area contributed by atoms with Gasteiger partial charge in [0.25, 0.3) is 0 Å². The highest BCUT2D eigenvalue weighted by Gasteiger charge is 2.63. The summed E-state index contributed by atoms with van der Waals surface area (Å²) in [5.74, 6) is 4.69. The predicted octanol–water partition coefficient (Wildman–Crippen LogP) is 2.00. The maximum Gasteiger partial charge on any atom is 0.330 e. The second kappa shape index (κ2) is 4.08. The summed E-state index contributed by atoms with van der Waals surface area (Å²) in [6, 6.07) is 0. The molecule has 0 aliphatic heterocycles. The molecule has 5 saturated carbocycles. The quantitative estimate of drug-likeness (QED) is 0.625. The van der Waals surface area contributed by atoms with Gasteiger partial charge >= 0.3 is 5.97 Å². The van der Waals surface area contributed by atoms with E-state index in [2.05, 4.69) is 6.58 Å². The monoisotopic (exact) mass is 262 g/mol. The third-order valence-electron chi connectivity index (χ3n) is 6.59. The van der Waals surface area contributed by atoms with Crippen molar-refractivity contribution >= 4 is 5.97 Å². The molecule has 4 bridgehead atoms. The lowest BCUT2D eigenvalue weighted by molar-refractivity contribution is -0.156. The lowest BCUT2D eigenvalue weighted by Crippen LogP contribution is -2.54. The molecule has 5 aliphatic rings. The van der Waals surface area contributed by atoms with E-state index in [1.807, 2.05) is 0 Å². The Kier molecular flexibility index (Phi) is 2.57. The van der Waals surface area contributed by atoms with Gasteiger partial charge in [-0.15, -0.1) is 0 Å². The molecular weight excluding hydrogens is 240 g/mol. The van der Waals surface area contributed by atoms with E-state index in [0.29, 0.717) is 18.4 Å². The van der Waals surface area contributed by atoms with Gasteiger partial charge in [-0.2, -0.15) is 0 Å². The number of aliphatic hydroxyl groups is 1. The molecular formula is C16H22O3. The van der Waals surface area contributed by atoms with Crippen molar-refractivity contribution in [2.45, 2.75) is 31.8 Å². The van der Waals surface area contributed by atoms with Crippen molar-refractivity contribution in [2.75, 3.05) is 6.61 Å². The van der Waals surface area contributed by atoms with Gasteiger partial charge in [0.1, 0.15) is 0 Å². The highest BCUT2D eigenvalue weighted by Crippen LogP contribution is 2.67. The number of aliphatic hydroxyl groups excluding tert-OH is 1. The largest absolute Gasteiger partial charge is 0.462 e. The van der Waals surface area contributed by atoms with Crippen LogP contribution in [0.5, 0.6) is 0 Å². The van der Waals surface area contributed by atoms with E-state index in [4.69, 9.17) is 4.74 Å². The van der Waals surface area contributed by atoms with Crippen molar-refractivity contribution in [2.24, 2.45) is 41.4 Å². The van der Waals surface area contributed by atoms with Crippen LogP contribution in [0.25, 0.3) is 0 Å². The molecule has 5 rings (SSSR count). The molecule has 1 N–H and O–H groups in total. The molecule has 19 heavy (non-hydrogen) atoms. The van der Waals surface area contributed by atoms with Gasteiger partial charge in [0, 0.05) is 6.08 Å². The molecule has 0 saturated heterocycles. The Labute approximate surface area is 114 Å². The van der Waals surface area contributed by atoms with Gasteiger partial charge in [-0.25, -0.2) is 4.79 Å². The maximum absolute atomic E-state index is 11.2. The summed E-state index contributed by atoms with van der Waals surface area (Å²) in [6.07, 6.45) is 6.09. The molecule has 3 heteroatoms. The van der Waals surface area contributed by atoms with Crippen molar-refractivity contribution in [3.05, 3.63) is 12.7 Å². The van der Waals surface area contributed by atoms with Crippen LogP contribution >= 0.6 is 0 Å². The van der Waals surface area contributed by atoms with Gasteiger partial charge in [-0.05, 0) is 67.1 Å². The standard InChI is InChI=1S/C16H22O3/c1-2-15(18)19-7-13-8-3-11-10-5-9(6-14(10)17)16(11)12(13)4-8/h2,8-14,16-17H,1,3-7H2. The first-order valence-corrected chi connectivity index (χ1v) is 7.66. The molecule has 0 radical (unpaired) electrons. The number of fused-ring (bicyclic) bond motifs is 2. The van der Waals surface area contributed by atoms with E-state index < -0.39 is 0 Å². The summed E-state index contributed by atoms with van der Waals surface area (Å²) < 4.78 is 5.27. The average Bonchev–Trinajstić information content (AvgIpc) is 2.95. The molecule has 0 amide bonds. The van der Waals surface area contributed by atoms with Crippen LogP contribution in [-0.2, 0) is 9.53 Å². The fraction of sp³-hybridized carbons (Fsp3) is 0.812. The Morgan fingerprint density at radius 3 is 2.68 bits per heavy atom. The molecule has 104 valence electrons. The van der Waals surface area contributed by atoms with Crippen molar-refractivity contribution in [1.82, 2.24) is 0 Å². The van der Waals surface area contributed by atoms with Gasteiger partial charge in [0.2, 0.25) is 0 Å². The zero-order valence-electron chi connectivity index (χ0n) is 11.2. The van der Waals surface area contributed by atoms with E-state index in [-0.39, 0.29) is 12.1 Å². The minimum absolute atomic E-state index is 0.0270. The molecule has 5 fully saturated rings. The van der Waals surface area contributed by atoms with Crippen LogP contribution in [0, 0.1) is 41.4 Å². The summed E-state index contributed by atoms with van der Waals surface area (Å²) in [7, 11) is 0. The van der Waals surface area contributed by atoms with E-state index in [0.717, 1.165) is 36.0 Å². The van der Waals surface area contributed by atoms with Crippen LogP contribution in [0.15, 0.2) is 12.7 Å². The Morgan fingerprint density at radius 2 is 1.89 bits per heavy atom. The Morgan fingerprint density at radius 1 is 1.16 bits per heavy atom. The third-order valence-corrected chi connectivity index (χ3v) is 6.59. The molecule has 8 unspecified atom stereocenters. The van der Waals surface area contributed by atoms with Crippen molar-refractivity contribution in [3.63, 3.8) is 0 Å². The van der Waals surface area contributed by atoms with Gasteiger partial charge in [-0.3, -0.25) is 0 Å². The Hall–Kier alpha value is -0.830. The third kappa shape index (κ3) is 1.57. The molecule has 0 aromatic rings. The topological polar surface area (TPSA) is 46.5 Å². The van der Waals surface area contributed by atoms with Crippen molar-refractivity contribution in [1.29, 1.82) is 0 Å².